The summed E-state index contributed by atoms with van der Waals surface area (Å²) >= 11 is 0. The van der Waals surface area contributed by atoms with E-state index in [1.807, 2.05) is 30.3 Å². The minimum Gasteiger partial charge on any atom is -0.370 e. The van der Waals surface area contributed by atoms with Crippen LogP contribution in [0.2, 0.25) is 0 Å². The van der Waals surface area contributed by atoms with Crippen LogP contribution >= 0.6 is 24.0 Å². The van der Waals surface area contributed by atoms with Crippen LogP contribution in [0.25, 0.3) is 0 Å². The van der Waals surface area contributed by atoms with Gasteiger partial charge in [-0.15, -0.1) is 24.0 Å². The summed E-state index contributed by atoms with van der Waals surface area (Å²) in [4.78, 5) is 4.34. The largest absolute Gasteiger partial charge is 0.370 e. The first-order valence-corrected chi connectivity index (χ1v) is 6.91. The van der Waals surface area contributed by atoms with Gasteiger partial charge in [-0.25, -0.2) is 0 Å². The molecule has 21 heavy (non-hydrogen) atoms. The summed E-state index contributed by atoms with van der Waals surface area (Å²) in [6.07, 6.45) is 2.03. The van der Waals surface area contributed by atoms with E-state index in [0.29, 0.717) is 5.96 Å². The Morgan fingerprint density at radius 3 is 2.38 bits per heavy atom. The highest BCUT2D eigenvalue weighted by Crippen LogP contribution is 2.08. The molecule has 0 fully saturated rings. The average Bonchev–Trinajstić information content (AvgIpc) is 2.47. The van der Waals surface area contributed by atoms with Crippen molar-refractivity contribution in [2.45, 2.75) is 19.8 Å². The lowest BCUT2D eigenvalue weighted by atomic mass is 10.1. The second-order valence-corrected chi connectivity index (χ2v) is 4.85. The molecule has 0 unspecified atom stereocenters. The maximum atomic E-state index is 5.86. The first-order chi connectivity index (χ1) is 9.74. The van der Waals surface area contributed by atoms with Gasteiger partial charge in [0.15, 0.2) is 5.96 Å². The van der Waals surface area contributed by atoms with E-state index in [2.05, 4.69) is 41.5 Å². The number of rotatable bonds is 5. The average molecular weight is 395 g/mol. The molecule has 0 amide bonds. The van der Waals surface area contributed by atoms with Crippen LogP contribution in [0.1, 0.15) is 17.5 Å². The molecule has 0 spiro atoms. The SMILES string of the molecule is Cc1ccc(NC(N)=NCCCc2ccccc2)cc1.I. The van der Waals surface area contributed by atoms with E-state index in [-0.39, 0.29) is 24.0 Å². The Hall–Kier alpha value is -1.56. The molecule has 0 saturated carbocycles. The highest BCUT2D eigenvalue weighted by atomic mass is 127. The van der Waals surface area contributed by atoms with Crippen molar-refractivity contribution in [1.29, 1.82) is 0 Å². The van der Waals surface area contributed by atoms with E-state index in [1.165, 1.54) is 11.1 Å². The molecule has 0 atom stereocenters. The van der Waals surface area contributed by atoms with Crippen molar-refractivity contribution in [2.75, 3.05) is 11.9 Å². The summed E-state index contributed by atoms with van der Waals surface area (Å²) < 4.78 is 0. The second-order valence-electron chi connectivity index (χ2n) is 4.85. The third-order valence-electron chi connectivity index (χ3n) is 3.07. The molecule has 0 aliphatic carbocycles. The Bertz CT molecular complexity index is 550. The van der Waals surface area contributed by atoms with Gasteiger partial charge in [-0.2, -0.15) is 0 Å². The van der Waals surface area contributed by atoms with Gasteiger partial charge in [-0.05, 0) is 37.5 Å². The smallest absolute Gasteiger partial charge is 0.193 e. The van der Waals surface area contributed by atoms with Gasteiger partial charge in [0.1, 0.15) is 0 Å². The van der Waals surface area contributed by atoms with Crippen LogP contribution in [-0.2, 0) is 6.42 Å². The summed E-state index contributed by atoms with van der Waals surface area (Å²) in [5.74, 6) is 0.474. The number of nitrogens with two attached hydrogens (primary N) is 1. The third kappa shape index (κ3) is 6.62. The maximum absolute atomic E-state index is 5.86. The van der Waals surface area contributed by atoms with Gasteiger partial charge < -0.3 is 11.1 Å². The molecule has 2 rings (SSSR count). The highest BCUT2D eigenvalue weighted by molar-refractivity contribution is 14.0. The monoisotopic (exact) mass is 395 g/mol. The van der Waals surface area contributed by atoms with Gasteiger partial charge in [-0.3, -0.25) is 4.99 Å². The van der Waals surface area contributed by atoms with Crippen molar-refractivity contribution >= 4 is 35.6 Å². The number of aryl methyl sites for hydroxylation is 2. The fourth-order valence-electron chi connectivity index (χ4n) is 1.95. The zero-order valence-corrected chi connectivity index (χ0v) is 14.6. The van der Waals surface area contributed by atoms with Crippen molar-refractivity contribution in [1.82, 2.24) is 0 Å². The number of nitrogens with zero attached hydrogens (tertiary/aromatic N) is 1. The molecule has 3 N–H and O–H groups in total. The molecule has 0 heterocycles. The maximum Gasteiger partial charge on any atom is 0.193 e. The molecule has 2 aromatic rings. The Balaban J connectivity index is 0.00000220. The Labute approximate surface area is 143 Å². The molecule has 2 aromatic carbocycles. The first-order valence-electron chi connectivity index (χ1n) is 6.91. The first kappa shape index (κ1) is 17.5. The van der Waals surface area contributed by atoms with Crippen molar-refractivity contribution in [2.24, 2.45) is 10.7 Å². The zero-order chi connectivity index (χ0) is 14.2. The molecule has 3 nitrogen and oxygen atoms in total. The van der Waals surface area contributed by atoms with Crippen LogP contribution < -0.4 is 11.1 Å². The normalized spacial score (nSPS) is 10.8. The standard InChI is InChI=1S/C17H21N3.HI/c1-14-9-11-16(12-10-14)20-17(18)19-13-5-8-15-6-3-2-4-7-15;/h2-4,6-7,9-12H,5,8,13H2,1H3,(H3,18,19,20);1H. The van der Waals surface area contributed by atoms with Gasteiger partial charge in [0, 0.05) is 12.2 Å². The Kier molecular flexibility index (Phi) is 7.82. The number of benzene rings is 2. The van der Waals surface area contributed by atoms with E-state index < -0.39 is 0 Å². The summed E-state index contributed by atoms with van der Waals surface area (Å²) in [6.45, 7) is 2.80. The van der Waals surface area contributed by atoms with Crippen molar-refractivity contribution in [3.8, 4) is 0 Å². The van der Waals surface area contributed by atoms with Gasteiger partial charge in [0.2, 0.25) is 0 Å². The molecule has 0 aliphatic heterocycles. The molecule has 0 aromatic heterocycles. The van der Waals surface area contributed by atoms with Crippen LogP contribution in [0.15, 0.2) is 59.6 Å². The zero-order valence-electron chi connectivity index (χ0n) is 12.3. The number of anilines is 1. The fraction of sp³-hybridized carbons (Fsp3) is 0.235. The minimum atomic E-state index is 0. The number of nitrogens with one attached hydrogen (secondary N) is 1. The second kappa shape index (κ2) is 9.39. The van der Waals surface area contributed by atoms with E-state index in [0.717, 1.165) is 25.1 Å². The lowest BCUT2D eigenvalue weighted by molar-refractivity contribution is 0.832. The van der Waals surface area contributed by atoms with E-state index in [4.69, 9.17) is 5.73 Å². The quantitative estimate of drug-likeness (QED) is 0.348. The number of hydrogen-bond donors (Lipinski definition) is 2. The Morgan fingerprint density at radius 1 is 1.05 bits per heavy atom. The van der Waals surface area contributed by atoms with Crippen LogP contribution in [0.5, 0.6) is 0 Å². The number of hydrogen-bond acceptors (Lipinski definition) is 1. The molecule has 4 heteroatoms. The van der Waals surface area contributed by atoms with E-state index >= 15 is 0 Å². The van der Waals surface area contributed by atoms with Crippen LogP contribution in [0.4, 0.5) is 5.69 Å². The van der Waals surface area contributed by atoms with E-state index in [1.54, 1.807) is 0 Å². The van der Waals surface area contributed by atoms with Gasteiger partial charge >= 0.3 is 0 Å². The molecule has 0 radical (unpaired) electrons. The molecule has 0 saturated heterocycles. The van der Waals surface area contributed by atoms with Crippen molar-refractivity contribution in [3.63, 3.8) is 0 Å². The highest BCUT2D eigenvalue weighted by Gasteiger charge is 1.95. The number of halogens is 1. The van der Waals surface area contributed by atoms with Gasteiger partial charge in [0.25, 0.3) is 0 Å². The van der Waals surface area contributed by atoms with Crippen LogP contribution in [-0.4, -0.2) is 12.5 Å². The third-order valence-corrected chi connectivity index (χ3v) is 3.07. The fourth-order valence-corrected chi connectivity index (χ4v) is 1.95. The molecule has 0 bridgehead atoms. The number of aliphatic imine (C=N–C) groups is 1. The summed E-state index contributed by atoms with van der Waals surface area (Å²) in [5.41, 5.74) is 9.41. The summed E-state index contributed by atoms with van der Waals surface area (Å²) in [6, 6.07) is 18.5. The van der Waals surface area contributed by atoms with Crippen LogP contribution in [0, 0.1) is 6.92 Å². The summed E-state index contributed by atoms with van der Waals surface area (Å²) in [7, 11) is 0. The van der Waals surface area contributed by atoms with Crippen molar-refractivity contribution < 1.29 is 0 Å². The predicted octanol–water partition coefficient (Wildman–Crippen LogP) is 3.97. The lowest BCUT2D eigenvalue weighted by Gasteiger charge is -2.06. The molecular formula is C17H22IN3. The molecule has 112 valence electrons. The number of guanidine groups is 1. The van der Waals surface area contributed by atoms with Crippen LogP contribution in [0.3, 0.4) is 0 Å². The minimum absolute atomic E-state index is 0. The van der Waals surface area contributed by atoms with Gasteiger partial charge in [-0.1, -0.05) is 48.0 Å². The predicted molar refractivity (Wildman–Crippen MR) is 101 cm³/mol. The molecular weight excluding hydrogens is 373 g/mol. The van der Waals surface area contributed by atoms with Crippen molar-refractivity contribution in [3.05, 3.63) is 65.7 Å². The summed E-state index contributed by atoms with van der Waals surface area (Å²) in [5, 5.41) is 3.10. The van der Waals surface area contributed by atoms with E-state index in [9.17, 15) is 0 Å². The topological polar surface area (TPSA) is 50.4 Å². The van der Waals surface area contributed by atoms with Gasteiger partial charge in [0.05, 0.1) is 0 Å². The molecule has 0 aliphatic rings. The Morgan fingerprint density at radius 2 is 1.71 bits per heavy atom. The lowest BCUT2D eigenvalue weighted by Crippen LogP contribution is -2.22.